The summed E-state index contributed by atoms with van der Waals surface area (Å²) in [6, 6.07) is 0. The minimum atomic E-state index is -1.83. The zero-order valence-corrected chi connectivity index (χ0v) is 8.69. The van der Waals surface area contributed by atoms with E-state index >= 15 is 0 Å². The zero-order chi connectivity index (χ0) is 12.6. The predicted molar refractivity (Wildman–Crippen MR) is 46.8 cm³/mol. The molecule has 0 unspecified atom stereocenters. The van der Waals surface area contributed by atoms with Gasteiger partial charge in [0.1, 0.15) is 19.2 Å². The van der Waals surface area contributed by atoms with Crippen LogP contribution in [0.4, 0.5) is 0 Å². The summed E-state index contributed by atoms with van der Waals surface area (Å²) >= 11 is 0. The van der Waals surface area contributed by atoms with Crippen LogP contribution in [0.1, 0.15) is 19.8 Å². The number of hydrogen-bond acceptors (Lipinski definition) is 7. The normalized spacial score (nSPS) is 9.31. The van der Waals surface area contributed by atoms with E-state index in [2.05, 4.69) is 9.47 Å². The van der Waals surface area contributed by atoms with E-state index in [-0.39, 0.29) is 19.6 Å². The molecule has 0 bridgehead atoms. The number of hydrogen-bond donors (Lipinski definition) is 0. The summed E-state index contributed by atoms with van der Waals surface area (Å²) in [4.78, 5) is 41.7. The van der Waals surface area contributed by atoms with Crippen molar-refractivity contribution in [3.8, 4) is 0 Å². The lowest BCUT2D eigenvalue weighted by molar-refractivity contribution is -0.300. The number of esters is 2. The molecule has 0 atom stereocenters. The lowest BCUT2D eigenvalue weighted by Gasteiger charge is -2.04. The molecule has 7 nitrogen and oxygen atoms in total. The molecule has 0 saturated heterocycles. The summed E-state index contributed by atoms with van der Waals surface area (Å²) in [6.45, 7) is 1.01. The van der Waals surface area contributed by atoms with Crippen molar-refractivity contribution < 1.29 is 33.8 Å². The van der Waals surface area contributed by atoms with Gasteiger partial charge in [-0.2, -0.15) is 0 Å². The van der Waals surface area contributed by atoms with Gasteiger partial charge in [0, 0.05) is 13.3 Å². The quantitative estimate of drug-likeness (QED) is 0.288. The zero-order valence-electron chi connectivity index (χ0n) is 8.69. The van der Waals surface area contributed by atoms with Gasteiger partial charge in [-0.15, -0.1) is 0 Å². The van der Waals surface area contributed by atoms with Gasteiger partial charge in [0.25, 0.3) is 0 Å². The number of carboxylic acid groups (broad SMARTS) is 1. The van der Waals surface area contributed by atoms with Crippen molar-refractivity contribution in [2.75, 3.05) is 13.2 Å². The molecule has 0 fully saturated rings. The number of carbonyl (C=O) groups excluding carboxylic acids is 4. The number of carboxylic acids is 1. The predicted octanol–water partition coefficient (Wildman–Crippen LogP) is -1.81. The first kappa shape index (κ1) is 14.1. The van der Waals surface area contributed by atoms with Crippen LogP contribution in [0.25, 0.3) is 0 Å². The Labute approximate surface area is 91.3 Å². The smallest absolute Gasteiger partial charge is 0.306 e. The van der Waals surface area contributed by atoms with Crippen molar-refractivity contribution in [3.05, 3.63) is 0 Å². The summed E-state index contributed by atoms with van der Waals surface area (Å²) in [5, 5.41) is 9.98. The highest BCUT2D eigenvalue weighted by molar-refractivity contribution is 6.31. The Morgan fingerprint density at radius 1 is 1.00 bits per heavy atom. The molecule has 16 heavy (non-hydrogen) atoms. The third-order valence-electron chi connectivity index (χ3n) is 1.44. The van der Waals surface area contributed by atoms with E-state index < -0.39 is 30.1 Å². The lowest BCUT2D eigenvalue weighted by Crippen LogP contribution is -2.31. The van der Waals surface area contributed by atoms with Crippen LogP contribution in [0.3, 0.4) is 0 Å². The van der Waals surface area contributed by atoms with Crippen LogP contribution >= 0.6 is 0 Å². The number of aliphatic carboxylic acids is 1. The largest absolute Gasteiger partial charge is 0.542 e. The van der Waals surface area contributed by atoms with Gasteiger partial charge in [0.05, 0.1) is 6.42 Å². The maximum Gasteiger partial charge on any atom is 0.306 e. The Hall–Kier alpha value is -1.92. The second kappa shape index (κ2) is 7.38. The highest BCUT2D eigenvalue weighted by Crippen LogP contribution is 1.94. The monoisotopic (exact) mass is 231 g/mol. The van der Waals surface area contributed by atoms with E-state index in [0.29, 0.717) is 0 Å². The molecule has 0 radical (unpaired) electrons. The Kier molecular flexibility index (Phi) is 6.50. The van der Waals surface area contributed by atoms with Crippen molar-refractivity contribution in [3.63, 3.8) is 0 Å². The Morgan fingerprint density at radius 3 is 2.06 bits per heavy atom. The molecule has 0 aliphatic carbocycles. The standard InChI is InChI=1S/C9H12O7/c1-6(10)15-4-5-16-8(12)3-2-7(11)9(13)14/h2-5H2,1H3,(H,13,14)/p-1. The Bertz CT molecular complexity index is 294. The fraction of sp³-hybridized carbons (Fsp3) is 0.556. The summed E-state index contributed by atoms with van der Waals surface area (Å²) in [7, 11) is 0. The van der Waals surface area contributed by atoms with Crippen LogP contribution in [0.15, 0.2) is 0 Å². The molecule has 0 aromatic heterocycles. The van der Waals surface area contributed by atoms with Gasteiger partial charge in [0.2, 0.25) is 0 Å². The SMILES string of the molecule is CC(=O)OCCOC(=O)CCC(=O)C(=O)[O-]. The number of Topliss-reactive ketones (excluding diaryl/α,β-unsaturated/α-hetero) is 1. The van der Waals surface area contributed by atoms with Crippen molar-refractivity contribution in [2.45, 2.75) is 19.8 Å². The first-order valence-corrected chi connectivity index (χ1v) is 4.46. The lowest BCUT2D eigenvalue weighted by atomic mass is 10.2. The fourth-order valence-electron chi connectivity index (χ4n) is 0.731. The van der Waals surface area contributed by atoms with Crippen molar-refractivity contribution in [2.24, 2.45) is 0 Å². The van der Waals surface area contributed by atoms with Gasteiger partial charge in [-0.05, 0) is 0 Å². The molecule has 0 heterocycles. The Balaban J connectivity index is 3.56. The number of ketones is 1. The third kappa shape index (κ3) is 7.48. The molecular weight excluding hydrogens is 220 g/mol. The minimum absolute atomic E-state index is 0.0739. The molecule has 0 spiro atoms. The molecule has 7 heteroatoms. The molecule has 0 N–H and O–H groups in total. The van der Waals surface area contributed by atoms with Crippen LogP contribution in [0.2, 0.25) is 0 Å². The van der Waals surface area contributed by atoms with Gasteiger partial charge in [-0.3, -0.25) is 14.4 Å². The average molecular weight is 231 g/mol. The van der Waals surface area contributed by atoms with E-state index in [9.17, 15) is 24.3 Å². The first-order valence-electron chi connectivity index (χ1n) is 4.46. The summed E-state index contributed by atoms with van der Waals surface area (Å²) in [5.41, 5.74) is 0. The molecular formula is C9H11O7-. The van der Waals surface area contributed by atoms with Gasteiger partial charge < -0.3 is 19.4 Å². The van der Waals surface area contributed by atoms with Gasteiger partial charge in [-0.1, -0.05) is 0 Å². The van der Waals surface area contributed by atoms with Crippen LogP contribution < -0.4 is 5.11 Å². The summed E-state index contributed by atoms with van der Waals surface area (Å²) in [5.74, 6) is -4.21. The van der Waals surface area contributed by atoms with Crippen LogP contribution in [-0.4, -0.2) is 36.9 Å². The fourth-order valence-corrected chi connectivity index (χ4v) is 0.731. The second-order valence-corrected chi connectivity index (χ2v) is 2.77. The van der Waals surface area contributed by atoms with Gasteiger partial charge in [0.15, 0.2) is 5.78 Å². The molecule has 0 aromatic carbocycles. The van der Waals surface area contributed by atoms with E-state index in [4.69, 9.17) is 0 Å². The maximum atomic E-state index is 10.9. The number of rotatable bonds is 7. The average Bonchev–Trinajstić information content (AvgIpc) is 2.20. The minimum Gasteiger partial charge on any atom is -0.542 e. The highest BCUT2D eigenvalue weighted by atomic mass is 16.6. The first-order chi connectivity index (χ1) is 7.43. The van der Waals surface area contributed by atoms with Crippen molar-refractivity contribution in [1.82, 2.24) is 0 Å². The summed E-state index contributed by atoms with van der Waals surface area (Å²) in [6.07, 6.45) is -0.804. The van der Waals surface area contributed by atoms with Crippen molar-refractivity contribution >= 4 is 23.7 Å². The third-order valence-corrected chi connectivity index (χ3v) is 1.44. The van der Waals surface area contributed by atoms with E-state index in [1.165, 1.54) is 6.92 Å². The maximum absolute atomic E-state index is 10.9. The number of ether oxygens (including phenoxy) is 2. The molecule has 0 aromatic rings. The van der Waals surface area contributed by atoms with Crippen molar-refractivity contribution in [1.29, 1.82) is 0 Å². The van der Waals surface area contributed by atoms with Crippen LogP contribution in [-0.2, 0) is 28.7 Å². The van der Waals surface area contributed by atoms with E-state index in [1.807, 2.05) is 0 Å². The van der Waals surface area contributed by atoms with Crippen LogP contribution in [0.5, 0.6) is 0 Å². The molecule has 0 aliphatic rings. The second-order valence-electron chi connectivity index (χ2n) is 2.77. The topological polar surface area (TPSA) is 110 Å². The van der Waals surface area contributed by atoms with Gasteiger partial charge in [-0.25, -0.2) is 0 Å². The van der Waals surface area contributed by atoms with Gasteiger partial charge >= 0.3 is 11.9 Å². The summed E-state index contributed by atoms with van der Waals surface area (Å²) < 4.78 is 9.01. The number of carbonyl (C=O) groups is 4. The van der Waals surface area contributed by atoms with E-state index in [0.717, 1.165) is 0 Å². The van der Waals surface area contributed by atoms with E-state index in [1.54, 1.807) is 0 Å². The Morgan fingerprint density at radius 2 is 1.56 bits per heavy atom. The molecule has 0 amide bonds. The molecule has 90 valence electrons. The molecule has 0 rings (SSSR count). The highest BCUT2D eigenvalue weighted by Gasteiger charge is 2.08. The van der Waals surface area contributed by atoms with Crippen LogP contribution in [0, 0.1) is 0 Å². The molecule has 0 aliphatic heterocycles. The molecule has 0 saturated carbocycles.